The van der Waals surface area contributed by atoms with Crippen LogP contribution in [-0.2, 0) is 17.6 Å². The lowest BCUT2D eigenvalue weighted by Crippen LogP contribution is -2.10. The van der Waals surface area contributed by atoms with Crippen LogP contribution in [0.5, 0.6) is 0 Å². The van der Waals surface area contributed by atoms with Gasteiger partial charge in [0.1, 0.15) is 0 Å². The number of carbonyl (C=O) groups excluding carboxylic acids is 1. The average molecular weight is 340 g/mol. The van der Waals surface area contributed by atoms with Crippen molar-refractivity contribution in [2.24, 2.45) is 0 Å². The van der Waals surface area contributed by atoms with Gasteiger partial charge in [-0.15, -0.1) is 11.8 Å². The summed E-state index contributed by atoms with van der Waals surface area (Å²) < 4.78 is 0. The van der Waals surface area contributed by atoms with E-state index >= 15 is 0 Å². The van der Waals surface area contributed by atoms with Crippen LogP contribution in [-0.4, -0.2) is 22.6 Å². The number of benzene rings is 2. The van der Waals surface area contributed by atoms with E-state index in [4.69, 9.17) is 5.11 Å². The number of carboxylic acid groups (broad SMARTS) is 1. The highest BCUT2D eigenvalue weighted by Crippen LogP contribution is 2.37. The minimum Gasteiger partial charge on any atom is -0.481 e. The molecule has 2 aromatic carbocycles. The molecule has 0 aromatic heterocycles. The van der Waals surface area contributed by atoms with Crippen LogP contribution in [0.15, 0.2) is 29.2 Å². The summed E-state index contributed by atoms with van der Waals surface area (Å²) in [5.74, 6) is 0.0717. The summed E-state index contributed by atoms with van der Waals surface area (Å²) in [5.41, 5.74) is 6.28. The predicted molar refractivity (Wildman–Crippen MR) is 96.3 cm³/mol. The maximum Gasteiger partial charge on any atom is 0.307 e. The third-order valence-corrected chi connectivity index (χ3v) is 5.53. The Balaban J connectivity index is 2.14. The first-order chi connectivity index (χ1) is 11.4. The van der Waals surface area contributed by atoms with Crippen LogP contribution in [0.1, 0.15) is 43.7 Å². The third kappa shape index (κ3) is 3.11. The lowest BCUT2D eigenvalue weighted by atomic mass is 9.91. The minimum atomic E-state index is -0.873. The highest BCUT2D eigenvalue weighted by atomic mass is 32.2. The molecule has 1 aliphatic heterocycles. The van der Waals surface area contributed by atoms with Gasteiger partial charge in [-0.2, -0.15) is 0 Å². The lowest BCUT2D eigenvalue weighted by Gasteiger charge is -2.14. The molecular formula is C20H20O3S. The summed E-state index contributed by atoms with van der Waals surface area (Å²) >= 11 is 1.69. The number of thioether (sulfide) groups is 1. The van der Waals surface area contributed by atoms with E-state index in [2.05, 4.69) is 0 Å². The normalized spacial score (nSPS) is 13.0. The highest BCUT2D eigenvalue weighted by Gasteiger charge is 2.24. The fourth-order valence-electron chi connectivity index (χ4n) is 3.49. The first kappa shape index (κ1) is 16.8. The van der Waals surface area contributed by atoms with Crippen LogP contribution in [0.3, 0.4) is 0 Å². The van der Waals surface area contributed by atoms with Gasteiger partial charge in [0.05, 0.1) is 6.42 Å². The SMILES string of the molecule is Cc1cc(C)c(C(=O)c2cc(CC(=O)O)cc3c2SCC3)c(C)c1. The Labute approximate surface area is 146 Å². The number of rotatable bonds is 4. The van der Waals surface area contributed by atoms with Crippen molar-refractivity contribution in [2.75, 3.05) is 5.75 Å². The number of fused-ring (bicyclic) bond motifs is 1. The smallest absolute Gasteiger partial charge is 0.307 e. The molecule has 0 fully saturated rings. The Kier molecular flexibility index (Phi) is 4.50. The molecule has 0 atom stereocenters. The van der Waals surface area contributed by atoms with Crippen molar-refractivity contribution in [3.8, 4) is 0 Å². The molecule has 0 radical (unpaired) electrons. The first-order valence-electron chi connectivity index (χ1n) is 7.99. The van der Waals surface area contributed by atoms with Crippen LogP contribution >= 0.6 is 11.8 Å². The van der Waals surface area contributed by atoms with Crippen LogP contribution in [0.25, 0.3) is 0 Å². The second-order valence-corrected chi connectivity index (χ2v) is 7.51. The van der Waals surface area contributed by atoms with Crippen LogP contribution in [0.2, 0.25) is 0 Å². The van der Waals surface area contributed by atoms with Gasteiger partial charge in [0.2, 0.25) is 0 Å². The summed E-state index contributed by atoms with van der Waals surface area (Å²) in [5, 5.41) is 9.09. The molecule has 3 rings (SSSR count). The maximum absolute atomic E-state index is 13.2. The van der Waals surface area contributed by atoms with Gasteiger partial charge in [-0.25, -0.2) is 0 Å². The zero-order valence-corrected chi connectivity index (χ0v) is 14.9. The molecule has 1 aliphatic rings. The van der Waals surface area contributed by atoms with Crippen LogP contribution in [0, 0.1) is 20.8 Å². The van der Waals surface area contributed by atoms with E-state index in [1.165, 1.54) is 0 Å². The Morgan fingerprint density at radius 2 is 1.75 bits per heavy atom. The monoisotopic (exact) mass is 340 g/mol. The topological polar surface area (TPSA) is 54.4 Å². The summed E-state index contributed by atoms with van der Waals surface area (Å²) in [6, 6.07) is 7.75. The van der Waals surface area contributed by atoms with Crippen molar-refractivity contribution in [3.05, 3.63) is 63.2 Å². The summed E-state index contributed by atoms with van der Waals surface area (Å²) in [6.07, 6.45) is 0.837. The lowest BCUT2D eigenvalue weighted by molar-refractivity contribution is -0.136. The number of ketones is 1. The number of hydrogen-bond acceptors (Lipinski definition) is 3. The molecule has 0 bridgehead atoms. The number of carbonyl (C=O) groups is 2. The standard InChI is InChI=1S/C20H20O3S/c1-11-6-12(2)18(13(3)7-11)19(23)16-9-14(10-17(21)22)8-15-4-5-24-20(15)16/h6-9H,4-5,10H2,1-3H3,(H,21,22). The van der Waals surface area contributed by atoms with Gasteiger partial charge < -0.3 is 5.11 Å². The highest BCUT2D eigenvalue weighted by molar-refractivity contribution is 7.99. The van der Waals surface area contributed by atoms with Crippen molar-refractivity contribution in [1.29, 1.82) is 0 Å². The summed E-state index contributed by atoms with van der Waals surface area (Å²) in [4.78, 5) is 25.3. The largest absolute Gasteiger partial charge is 0.481 e. The fraction of sp³-hybridized carbons (Fsp3) is 0.300. The fourth-order valence-corrected chi connectivity index (χ4v) is 4.67. The van der Waals surface area contributed by atoms with Crippen molar-refractivity contribution >= 4 is 23.5 Å². The first-order valence-corrected chi connectivity index (χ1v) is 8.98. The number of hydrogen-bond donors (Lipinski definition) is 1. The Bertz CT molecular complexity index is 829. The Morgan fingerprint density at radius 3 is 2.38 bits per heavy atom. The molecule has 1 N–H and O–H groups in total. The van der Waals surface area contributed by atoms with E-state index in [1.807, 2.05) is 39.0 Å². The molecule has 4 heteroatoms. The van der Waals surface area contributed by atoms with Crippen molar-refractivity contribution in [1.82, 2.24) is 0 Å². The molecular weight excluding hydrogens is 320 g/mol. The number of aryl methyl sites for hydroxylation is 4. The molecule has 0 saturated heterocycles. The van der Waals surface area contributed by atoms with E-state index in [0.717, 1.165) is 44.9 Å². The molecule has 1 heterocycles. The van der Waals surface area contributed by atoms with Crippen LogP contribution in [0.4, 0.5) is 0 Å². The molecule has 124 valence electrons. The van der Waals surface area contributed by atoms with Crippen molar-refractivity contribution < 1.29 is 14.7 Å². The molecule has 0 spiro atoms. The van der Waals surface area contributed by atoms with Gasteiger partial charge in [0.15, 0.2) is 5.78 Å². The Morgan fingerprint density at radius 1 is 1.08 bits per heavy atom. The van der Waals surface area contributed by atoms with E-state index in [-0.39, 0.29) is 12.2 Å². The van der Waals surface area contributed by atoms with E-state index in [1.54, 1.807) is 17.8 Å². The Hall–Kier alpha value is -2.07. The maximum atomic E-state index is 13.2. The van der Waals surface area contributed by atoms with Gasteiger partial charge in [-0.3, -0.25) is 9.59 Å². The van der Waals surface area contributed by atoms with Gasteiger partial charge >= 0.3 is 5.97 Å². The molecule has 24 heavy (non-hydrogen) atoms. The second-order valence-electron chi connectivity index (χ2n) is 6.40. The van der Waals surface area contributed by atoms with E-state index < -0.39 is 5.97 Å². The van der Waals surface area contributed by atoms with Crippen LogP contribution < -0.4 is 0 Å². The molecule has 3 nitrogen and oxygen atoms in total. The summed E-state index contributed by atoms with van der Waals surface area (Å²) in [7, 11) is 0. The molecule has 0 saturated carbocycles. The quantitative estimate of drug-likeness (QED) is 0.851. The number of aliphatic carboxylic acids is 1. The zero-order chi connectivity index (χ0) is 17.4. The van der Waals surface area contributed by atoms with Gasteiger partial charge in [-0.05, 0) is 55.5 Å². The molecule has 0 aliphatic carbocycles. The van der Waals surface area contributed by atoms with E-state index in [0.29, 0.717) is 11.1 Å². The van der Waals surface area contributed by atoms with Crippen molar-refractivity contribution in [2.45, 2.75) is 38.5 Å². The van der Waals surface area contributed by atoms with Crippen molar-refractivity contribution in [3.63, 3.8) is 0 Å². The molecule has 0 unspecified atom stereocenters. The minimum absolute atomic E-state index is 0.00267. The average Bonchev–Trinajstić information content (AvgIpc) is 2.92. The molecule has 2 aromatic rings. The van der Waals surface area contributed by atoms with Gasteiger partial charge in [0.25, 0.3) is 0 Å². The zero-order valence-electron chi connectivity index (χ0n) is 14.1. The third-order valence-electron chi connectivity index (χ3n) is 4.35. The van der Waals surface area contributed by atoms with Gasteiger partial charge in [0, 0.05) is 21.8 Å². The number of carboxylic acids is 1. The summed E-state index contributed by atoms with van der Waals surface area (Å²) in [6.45, 7) is 5.94. The second kappa shape index (κ2) is 6.44. The molecule has 0 amide bonds. The van der Waals surface area contributed by atoms with E-state index in [9.17, 15) is 9.59 Å². The predicted octanol–water partition coefficient (Wildman–Crippen LogP) is 4.12. The van der Waals surface area contributed by atoms with Gasteiger partial charge in [-0.1, -0.05) is 23.8 Å².